The van der Waals surface area contributed by atoms with Gasteiger partial charge < -0.3 is 5.32 Å². The van der Waals surface area contributed by atoms with Crippen molar-refractivity contribution in [3.05, 3.63) is 47.4 Å². The maximum Gasteiger partial charge on any atom is 0.186 e. The molecule has 0 aliphatic carbocycles. The van der Waals surface area contributed by atoms with Crippen molar-refractivity contribution in [1.29, 1.82) is 0 Å². The average Bonchev–Trinajstić information content (AvgIpc) is 2.48. The number of halogens is 2. The zero-order chi connectivity index (χ0) is 15.2. The fraction of sp³-hybridized carbons (Fsp3) is 0.333. The molecule has 21 heavy (non-hydrogen) atoms. The van der Waals surface area contributed by atoms with Crippen LogP contribution in [0.4, 0.5) is 14.6 Å². The molecule has 0 saturated heterocycles. The number of hydrogen-bond donors (Lipinski definition) is 1. The predicted molar refractivity (Wildman–Crippen MR) is 81.5 cm³/mol. The second-order valence-electron chi connectivity index (χ2n) is 4.53. The van der Waals surface area contributed by atoms with Crippen molar-refractivity contribution in [2.75, 3.05) is 11.9 Å². The van der Waals surface area contributed by atoms with Gasteiger partial charge in [0.15, 0.2) is 11.6 Å². The highest BCUT2D eigenvalue weighted by atomic mass is 32.2. The van der Waals surface area contributed by atoms with Gasteiger partial charge in [-0.1, -0.05) is 19.1 Å². The Morgan fingerprint density at radius 3 is 2.67 bits per heavy atom. The largest absolute Gasteiger partial charge is 0.368 e. The minimum atomic E-state index is -0.428. The predicted octanol–water partition coefficient (Wildman–Crippen LogP) is 4.18. The van der Waals surface area contributed by atoms with Gasteiger partial charge in [-0.05, 0) is 25.5 Å². The minimum absolute atomic E-state index is 0.216. The van der Waals surface area contributed by atoms with E-state index in [1.807, 2.05) is 6.92 Å². The number of nitrogens with zero attached hydrogens (tertiary/aromatic N) is 2. The van der Waals surface area contributed by atoms with Gasteiger partial charge in [-0.15, -0.1) is 11.8 Å². The van der Waals surface area contributed by atoms with Gasteiger partial charge in [-0.2, -0.15) is 0 Å². The third kappa shape index (κ3) is 4.14. The fourth-order valence-corrected chi connectivity index (χ4v) is 2.54. The second kappa shape index (κ2) is 7.36. The Morgan fingerprint density at radius 1 is 1.19 bits per heavy atom. The molecule has 6 heteroatoms. The lowest BCUT2D eigenvalue weighted by Crippen LogP contribution is -2.09. The standard InChI is InChI=1S/C15H17F2N3S/c1-3-8-18-15-14(17)10(2)19-13(20-15)9-21-12-7-5-4-6-11(12)16/h4-7H,3,8-9H2,1-2H3,(H,18,19,20). The van der Waals surface area contributed by atoms with Gasteiger partial charge in [0.25, 0.3) is 0 Å². The summed E-state index contributed by atoms with van der Waals surface area (Å²) in [5, 5.41) is 2.94. The summed E-state index contributed by atoms with van der Waals surface area (Å²) in [5.41, 5.74) is 0.299. The van der Waals surface area contributed by atoms with E-state index in [4.69, 9.17) is 0 Å². The van der Waals surface area contributed by atoms with Crippen molar-refractivity contribution in [1.82, 2.24) is 9.97 Å². The number of aromatic nitrogens is 2. The van der Waals surface area contributed by atoms with Crippen LogP contribution in [0.2, 0.25) is 0 Å². The fourth-order valence-electron chi connectivity index (χ4n) is 1.75. The molecule has 0 saturated carbocycles. The maximum absolute atomic E-state index is 13.9. The molecule has 1 heterocycles. The Labute approximate surface area is 127 Å². The first-order valence-electron chi connectivity index (χ1n) is 6.76. The number of nitrogens with one attached hydrogen (secondary N) is 1. The summed E-state index contributed by atoms with van der Waals surface area (Å²) in [4.78, 5) is 8.83. The highest BCUT2D eigenvalue weighted by molar-refractivity contribution is 7.98. The van der Waals surface area contributed by atoms with E-state index in [9.17, 15) is 8.78 Å². The Morgan fingerprint density at radius 2 is 1.95 bits per heavy atom. The van der Waals surface area contributed by atoms with Gasteiger partial charge in [-0.25, -0.2) is 18.7 Å². The molecule has 0 spiro atoms. The summed E-state index contributed by atoms with van der Waals surface area (Å²) in [6.07, 6.45) is 0.877. The number of aryl methyl sites for hydroxylation is 1. The number of rotatable bonds is 6. The molecule has 1 aromatic carbocycles. The first kappa shape index (κ1) is 15.7. The summed E-state index contributed by atoms with van der Waals surface area (Å²) in [7, 11) is 0. The normalized spacial score (nSPS) is 10.7. The van der Waals surface area contributed by atoms with Crippen molar-refractivity contribution in [2.24, 2.45) is 0 Å². The highest BCUT2D eigenvalue weighted by Crippen LogP contribution is 2.25. The number of thioether (sulfide) groups is 1. The molecule has 0 atom stereocenters. The lowest BCUT2D eigenvalue weighted by atomic mass is 10.3. The third-order valence-electron chi connectivity index (χ3n) is 2.80. The Hall–Kier alpha value is -1.69. The molecule has 0 unspecified atom stereocenters. The van der Waals surface area contributed by atoms with Crippen molar-refractivity contribution in [2.45, 2.75) is 30.9 Å². The molecule has 2 rings (SSSR count). The van der Waals surface area contributed by atoms with E-state index in [1.54, 1.807) is 25.1 Å². The van der Waals surface area contributed by atoms with Crippen LogP contribution in [0.15, 0.2) is 29.2 Å². The van der Waals surface area contributed by atoms with Crippen molar-refractivity contribution in [3.8, 4) is 0 Å². The lowest BCUT2D eigenvalue weighted by molar-refractivity contribution is 0.599. The van der Waals surface area contributed by atoms with E-state index < -0.39 is 5.82 Å². The molecule has 0 fully saturated rings. The summed E-state index contributed by atoms with van der Waals surface area (Å²) in [6.45, 7) is 4.24. The van der Waals surface area contributed by atoms with Gasteiger partial charge in [0.1, 0.15) is 11.6 Å². The molecule has 1 N–H and O–H groups in total. The lowest BCUT2D eigenvalue weighted by Gasteiger charge is -2.09. The summed E-state index contributed by atoms with van der Waals surface area (Å²) < 4.78 is 27.4. The van der Waals surface area contributed by atoms with Crippen LogP contribution in [0.5, 0.6) is 0 Å². The SMILES string of the molecule is CCCNc1nc(CSc2ccccc2F)nc(C)c1F. The maximum atomic E-state index is 13.9. The van der Waals surface area contributed by atoms with Crippen LogP contribution >= 0.6 is 11.8 Å². The highest BCUT2D eigenvalue weighted by Gasteiger charge is 2.12. The van der Waals surface area contributed by atoms with Crippen LogP contribution in [-0.2, 0) is 5.75 Å². The Bertz CT molecular complexity index is 620. The van der Waals surface area contributed by atoms with E-state index >= 15 is 0 Å². The van der Waals surface area contributed by atoms with Crippen LogP contribution in [0.3, 0.4) is 0 Å². The topological polar surface area (TPSA) is 37.8 Å². The summed E-state index contributed by atoms with van der Waals surface area (Å²) in [6, 6.07) is 6.53. The minimum Gasteiger partial charge on any atom is -0.368 e. The van der Waals surface area contributed by atoms with E-state index in [1.165, 1.54) is 17.8 Å². The molecule has 1 aromatic heterocycles. The van der Waals surface area contributed by atoms with Gasteiger partial charge in [0.2, 0.25) is 0 Å². The van der Waals surface area contributed by atoms with Crippen molar-refractivity contribution >= 4 is 17.6 Å². The molecule has 0 amide bonds. The van der Waals surface area contributed by atoms with Crippen LogP contribution in [0, 0.1) is 18.6 Å². The average molecular weight is 309 g/mol. The van der Waals surface area contributed by atoms with Gasteiger partial charge in [-0.3, -0.25) is 0 Å². The van der Waals surface area contributed by atoms with Gasteiger partial charge in [0.05, 0.1) is 11.4 Å². The zero-order valence-electron chi connectivity index (χ0n) is 12.0. The third-order valence-corrected chi connectivity index (χ3v) is 3.84. The second-order valence-corrected chi connectivity index (χ2v) is 5.55. The molecule has 0 bridgehead atoms. The van der Waals surface area contributed by atoms with Gasteiger partial charge >= 0.3 is 0 Å². The van der Waals surface area contributed by atoms with E-state index in [2.05, 4.69) is 15.3 Å². The molecular formula is C15H17F2N3S. The number of hydrogen-bond acceptors (Lipinski definition) is 4. The summed E-state index contributed by atoms with van der Waals surface area (Å²) >= 11 is 1.30. The zero-order valence-corrected chi connectivity index (χ0v) is 12.8. The quantitative estimate of drug-likeness (QED) is 0.812. The monoisotopic (exact) mass is 309 g/mol. The molecule has 0 radical (unpaired) electrons. The molecule has 2 aromatic rings. The molecule has 0 aliphatic heterocycles. The first-order chi connectivity index (χ1) is 10.1. The van der Waals surface area contributed by atoms with Gasteiger partial charge in [0, 0.05) is 11.4 Å². The Kier molecular flexibility index (Phi) is 5.50. The van der Waals surface area contributed by atoms with E-state index in [0.29, 0.717) is 28.7 Å². The van der Waals surface area contributed by atoms with Crippen molar-refractivity contribution < 1.29 is 8.78 Å². The molecule has 112 valence electrons. The summed E-state index contributed by atoms with van der Waals surface area (Å²) in [5.74, 6) is 0.394. The Balaban J connectivity index is 2.13. The van der Waals surface area contributed by atoms with Crippen LogP contribution in [0.1, 0.15) is 24.9 Å². The van der Waals surface area contributed by atoms with Crippen molar-refractivity contribution in [3.63, 3.8) is 0 Å². The smallest absolute Gasteiger partial charge is 0.186 e. The van der Waals surface area contributed by atoms with E-state index in [-0.39, 0.29) is 11.6 Å². The van der Waals surface area contributed by atoms with Crippen LogP contribution in [-0.4, -0.2) is 16.5 Å². The number of anilines is 1. The van der Waals surface area contributed by atoms with E-state index in [0.717, 1.165) is 6.42 Å². The number of benzene rings is 1. The first-order valence-corrected chi connectivity index (χ1v) is 7.74. The van der Waals surface area contributed by atoms with Crippen LogP contribution in [0.25, 0.3) is 0 Å². The molecule has 0 aliphatic rings. The molecule has 3 nitrogen and oxygen atoms in total. The molecular weight excluding hydrogens is 292 g/mol. The van der Waals surface area contributed by atoms with Crippen LogP contribution < -0.4 is 5.32 Å².